The lowest BCUT2D eigenvalue weighted by atomic mass is 10.1. The van der Waals surface area contributed by atoms with Crippen LogP contribution in [0.25, 0.3) is 0 Å². The quantitative estimate of drug-likeness (QED) is 0.912. The fraction of sp³-hybridized carbons (Fsp3) is 0.312. The molecule has 2 aromatic rings. The predicted octanol–water partition coefficient (Wildman–Crippen LogP) is 2.65. The Balaban J connectivity index is 1.80. The minimum atomic E-state index is -0.131. The second-order valence-corrected chi connectivity index (χ2v) is 4.91. The van der Waals surface area contributed by atoms with E-state index in [9.17, 15) is 0 Å². The highest BCUT2D eigenvalue weighted by atomic mass is 16.5. The van der Waals surface area contributed by atoms with Gasteiger partial charge in [0.25, 0.3) is 0 Å². The van der Waals surface area contributed by atoms with Crippen molar-refractivity contribution in [3.05, 3.63) is 59.4 Å². The summed E-state index contributed by atoms with van der Waals surface area (Å²) >= 11 is 0. The number of ether oxygens (including phenoxy) is 1. The Morgan fingerprint density at radius 3 is 2.89 bits per heavy atom. The highest BCUT2D eigenvalue weighted by Gasteiger charge is 2.15. The summed E-state index contributed by atoms with van der Waals surface area (Å²) < 4.78 is 6.01. The molecule has 1 atom stereocenters. The number of aryl methyl sites for hydroxylation is 2. The largest absolute Gasteiger partial charge is 0.484 e. The van der Waals surface area contributed by atoms with Crippen molar-refractivity contribution in [3.8, 4) is 5.75 Å². The van der Waals surface area contributed by atoms with Gasteiger partial charge in [-0.15, -0.1) is 0 Å². The summed E-state index contributed by atoms with van der Waals surface area (Å²) in [5, 5.41) is 0. The minimum Gasteiger partial charge on any atom is -0.484 e. The maximum atomic E-state index is 6.01. The molecule has 0 radical (unpaired) electrons. The van der Waals surface area contributed by atoms with Crippen LogP contribution in [-0.4, -0.2) is 11.5 Å². The molecule has 1 aliphatic carbocycles. The zero-order chi connectivity index (χ0) is 13.1. The van der Waals surface area contributed by atoms with Crippen LogP contribution in [0.2, 0.25) is 0 Å². The molecule has 3 nitrogen and oxygen atoms in total. The lowest BCUT2D eigenvalue weighted by Gasteiger charge is -2.18. The molecule has 0 amide bonds. The van der Waals surface area contributed by atoms with E-state index in [1.807, 2.05) is 24.4 Å². The summed E-state index contributed by atoms with van der Waals surface area (Å²) in [5.41, 5.74) is 9.70. The third-order valence-electron chi connectivity index (χ3n) is 3.62. The first-order valence-electron chi connectivity index (χ1n) is 6.75. The summed E-state index contributed by atoms with van der Waals surface area (Å²) in [7, 11) is 0. The standard InChI is InChI=1S/C16H18N2O/c17-10-16(14-5-2-8-18-11-14)19-15-7-6-12-3-1-4-13(12)9-15/h2,5-9,11,16H,1,3-4,10,17H2. The Hall–Kier alpha value is -1.87. The SMILES string of the molecule is NCC(Oc1ccc2c(c1)CCC2)c1cccnc1. The van der Waals surface area contributed by atoms with Crippen LogP contribution < -0.4 is 10.5 Å². The van der Waals surface area contributed by atoms with Crippen molar-refractivity contribution >= 4 is 0 Å². The molecule has 0 aliphatic heterocycles. The number of hydrogen-bond donors (Lipinski definition) is 1. The molecule has 19 heavy (non-hydrogen) atoms. The van der Waals surface area contributed by atoms with Gasteiger partial charge in [-0.05, 0) is 48.6 Å². The first kappa shape index (κ1) is 12.2. The first-order valence-corrected chi connectivity index (χ1v) is 6.75. The second kappa shape index (κ2) is 5.41. The van der Waals surface area contributed by atoms with E-state index in [1.54, 1.807) is 6.20 Å². The van der Waals surface area contributed by atoms with Crippen molar-refractivity contribution in [3.63, 3.8) is 0 Å². The molecule has 1 heterocycles. The van der Waals surface area contributed by atoms with Gasteiger partial charge in [0.2, 0.25) is 0 Å². The van der Waals surface area contributed by atoms with Crippen LogP contribution in [0, 0.1) is 0 Å². The highest BCUT2D eigenvalue weighted by molar-refractivity contribution is 5.38. The van der Waals surface area contributed by atoms with Crippen molar-refractivity contribution in [1.29, 1.82) is 0 Å². The summed E-state index contributed by atoms with van der Waals surface area (Å²) in [6.45, 7) is 0.447. The van der Waals surface area contributed by atoms with Crippen molar-refractivity contribution in [2.75, 3.05) is 6.54 Å². The van der Waals surface area contributed by atoms with Gasteiger partial charge >= 0.3 is 0 Å². The van der Waals surface area contributed by atoms with Gasteiger partial charge < -0.3 is 10.5 Å². The molecule has 1 unspecified atom stereocenters. The number of hydrogen-bond acceptors (Lipinski definition) is 3. The third kappa shape index (κ3) is 2.61. The Bertz CT molecular complexity index is 554. The van der Waals surface area contributed by atoms with Crippen LogP contribution >= 0.6 is 0 Å². The monoisotopic (exact) mass is 254 g/mol. The molecule has 1 aliphatic rings. The lowest BCUT2D eigenvalue weighted by Crippen LogP contribution is -2.18. The van der Waals surface area contributed by atoms with E-state index in [1.165, 1.54) is 24.0 Å². The van der Waals surface area contributed by atoms with Gasteiger partial charge in [0, 0.05) is 24.5 Å². The second-order valence-electron chi connectivity index (χ2n) is 4.91. The number of rotatable bonds is 4. The van der Waals surface area contributed by atoms with Gasteiger partial charge in [0.15, 0.2) is 0 Å². The fourth-order valence-corrected chi connectivity index (χ4v) is 2.60. The lowest BCUT2D eigenvalue weighted by molar-refractivity contribution is 0.213. The zero-order valence-corrected chi connectivity index (χ0v) is 10.9. The minimum absolute atomic E-state index is 0.131. The maximum Gasteiger partial charge on any atom is 0.137 e. The van der Waals surface area contributed by atoms with E-state index in [2.05, 4.69) is 17.1 Å². The van der Waals surface area contributed by atoms with E-state index >= 15 is 0 Å². The number of pyridine rings is 1. The summed E-state index contributed by atoms with van der Waals surface area (Å²) in [4.78, 5) is 4.12. The van der Waals surface area contributed by atoms with Crippen LogP contribution in [0.1, 0.15) is 29.2 Å². The molecule has 1 aromatic heterocycles. The number of aromatic nitrogens is 1. The van der Waals surface area contributed by atoms with Crippen molar-refractivity contribution in [2.24, 2.45) is 5.73 Å². The van der Waals surface area contributed by atoms with Gasteiger partial charge in [0.1, 0.15) is 11.9 Å². The van der Waals surface area contributed by atoms with Gasteiger partial charge in [-0.1, -0.05) is 12.1 Å². The Kier molecular flexibility index (Phi) is 3.47. The molecule has 2 N–H and O–H groups in total. The topological polar surface area (TPSA) is 48.1 Å². The Morgan fingerprint density at radius 1 is 1.21 bits per heavy atom. The summed E-state index contributed by atoms with van der Waals surface area (Å²) in [5.74, 6) is 0.903. The highest BCUT2D eigenvalue weighted by Crippen LogP contribution is 2.28. The van der Waals surface area contributed by atoms with E-state index in [-0.39, 0.29) is 6.10 Å². The molecular weight excluding hydrogens is 236 g/mol. The van der Waals surface area contributed by atoms with Crippen molar-refractivity contribution in [2.45, 2.75) is 25.4 Å². The fourth-order valence-electron chi connectivity index (χ4n) is 2.60. The Labute approximate surface area is 113 Å². The number of benzene rings is 1. The van der Waals surface area contributed by atoms with Gasteiger partial charge in [-0.2, -0.15) is 0 Å². The molecule has 3 heteroatoms. The van der Waals surface area contributed by atoms with Crippen LogP contribution in [-0.2, 0) is 12.8 Å². The van der Waals surface area contributed by atoms with Gasteiger partial charge in [0.05, 0.1) is 0 Å². The molecule has 0 bridgehead atoms. The summed E-state index contributed by atoms with van der Waals surface area (Å²) in [6.07, 6.45) is 7.04. The maximum absolute atomic E-state index is 6.01. The van der Waals surface area contributed by atoms with Crippen LogP contribution in [0.4, 0.5) is 0 Å². The van der Waals surface area contributed by atoms with Crippen molar-refractivity contribution < 1.29 is 4.74 Å². The first-order chi connectivity index (χ1) is 9.36. The molecular formula is C16H18N2O. The third-order valence-corrected chi connectivity index (χ3v) is 3.62. The van der Waals surface area contributed by atoms with E-state index in [0.717, 1.165) is 17.7 Å². The zero-order valence-electron chi connectivity index (χ0n) is 10.9. The van der Waals surface area contributed by atoms with Crippen molar-refractivity contribution in [1.82, 2.24) is 4.98 Å². The molecule has 0 saturated carbocycles. The van der Waals surface area contributed by atoms with Gasteiger partial charge in [-0.3, -0.25) is 4.98 Å². The van der Waals surface area contributed by atoms with Crippen LogP contribution in [0.15, 0.2) is 42.7 Å². The number of nitrogens with two attached hydrogens (primary N) is 1. The number of fused-ring (bicyclic) bond motifs is 1. The molecule has 0 fully saturated rings. The predicted molar refractivity (Wildman–Crippen MR) is 75.1 cm³/mol. The molecule has 0 saturated heterocycles. The van der Waals surface area contributed by atoms with E-state index < -0.39 is 0 Å². The average molecular weight is 254 g/mol. The summed E-state index contributed by atoms with van der Waals surface area (Å²) in [6, 6.07) is 10.3. The smallest absolute Gasteiger partial charge is 0.137 e. The van der Waals surface area contributed by atoms with Crippen LogP contribution in [0.5, 0.6) is 5.75 Å². The van der Waals surface area contributed by atoms with E-state index in [4.69, 9.17) is 10.5 Å². The molecule has 0 spiro atoms. The molecule has 1 aromatic carbocycles. The van der Waals surface area contributed by atoms with Crippen LogP contribution in [0.3, 0.4) is 0 Å². The Morgan fingerprint density at radius 2 is 2.11 bits per heavy atom. The van der Waals surface area contributed by atoms with Gasteiger partial charge in [-0.25, -0.2) is 0 Å². The average Bonchev–Trinajstić information content (AvgIpc) is 2.93. The van der Waals surface area contributed by atoms with E-state index in [0.29, 0.717) is 6.54 Å². The normalized spacial score (nSPS) is 15.0. The molecule has 3 rings (SSSR count). The molecule has 98 valence electrons. The number of nitrogens with zero attached hydrogens (tertiary/aromatic N) is 1.